The topological polar surface area (TPSA) is 65.1 Å². The molecule has 2 fully saturated rings. The maximum Gasteiger partial charge on any atom is 0.334 e. The van der Waals surface area contributed by atoms with Crippen molar-refractivity contribution < 1.29 is 23.8 Å². The number of ether oxygens (including phenoxy) is 3. The fourth-order valence-corrected chi connectivity index (χ4v) is 3.53. The van der Waals surface area contributed by atoms with E-state index in [4.69, 9.17) is 14.2 Å². The molecule has 3 aliphatic rings. The molecule has 0 aromatic heterocycles. The largest absolute Gasteiger partial charge is 0.458 e. The molecule has 0 saturated carbocycles. The van der Waals surface area contributed by atoms with Crippen LogP contribution in [0.25, 0.3) is 0 Å². The molecule has 5 unspecified atom stereocenters. The first kappa shape index (κ1) is 15.3. The van der Waals surface area contributed by atoms with E-state index in [1.54, 1.807) is 0 Å². The van der Waals surface area contributed by atoms with E-state index in [1.165, 1.54) is 6.92 Å². The molecule has 22 heavy (non-hydrogen) atoms. The molecule has 5 heteroatoms. The van der Waals surface area contributed by atoms with Gasteiger partial charge in [-0.3, -0.25) is 4.79 Å². The summed E-state index contributed by atoms with van der Waals surface area (Å²) in [6, 6.07) is 0. The quantitative estimate of drug-likeness (QED) is 0.322. The molecule has 0 aromatic rings. The summed E-state index contributed by atoms with van der Waals surface area (Å²) in [4.78, 5) is 23.3. The normalized spacial score (nSPS) is 43.3. The van der Waals surface area contributed by atoms with Crippen LogP contribution >= 0.6 is 0 Å². The summed E-state index contributed by atoms with van der Waals surface area (Å²) in [5.41, 5.74) is 1.22. The third-order valence-electron chi connectivity index (χ3n) is 4.98. The summed E-state index contributed by atoms with van der Waals surface area (Å²) < 4.78 is 16.8. The molecule has 2 heterocycles. The van der Waals surface area contributed by atoms with Crippen LogP contribution in [0.3, 0.4) is 0 Å². The Labute approximate surface area is 130 Å². The SMILES string of the molecule is C=C1C(=O)OC2C1CC(OC(C)=O)/C(C)=C/CCC1(C)OC21. The lowest BCUT2D eigenvalue weighted by Gasteiger charge is -2.25. The molecule has 0 N–H and O–H groups in total. The van der Waals surface area contributed by atoms with Crippen molar-refractivity contribution in [2.45, 2.75) is 63.9 Å². The number of fused-ring (bicyclic) bond motifs is 3. The minimum atomic E-state index is -0.365. The van der Waals surface area contributed by atoms with Gasteiger partial charge in [0.2, 0.25) is 0 Å². The number of epoxide rings is 1. The molecule has 2 aliphatic heterocycles. The Bertz CT molecular complexity index is 563. The van der Waals surface area contributed by atoms with Gasteiger partial charge in [-0.15, -0.1) is 0 Å². The third-order valence-corrected chi connectivity index (χ3v) is 4.98. The van der Waals surface area contributed by atoms with Gasteiger partial charge in [-0.05, 0) is 38.7 Å². The van der Waals surface area contributed by atoms with E-state index in [9.17, 15) is 9.59 Å². The van der Waals surface area contributed by atoms with Crippen molar-refractivity contribution in [3.05, 3.63) is 23.8 Å². The second-order valence-corrected chi connectivity index (χ2v) is 6.67. The van der Waals surface area contributed by atoms with Gasteiger partial charge in [0.25, 0.3) is 0 Å². The predicted molar refractivity (Wildman–Crippen MR) is 79.0 cm³/mol. The van der Waals surface area contributed by atoms with Crippen LogP contribution in [0.4, 0.5) is 0 Å². The highest BCUT2D eigenvalue weighted by Crippen LogP contribution is 2.50. The van der Waals surface area contributed by atoms with E-state index in [0.29, 0.717) is 12.0 Å². The lowest BCUT2D eigenvalue weighted by Crippen LogP contribution is -2.32. The van der Waals surface area contributed by atoms with Crippen molar-refractivity contribution in [3.8, 4) is 0 Å². The van der Waals surface area contributed by atoms with Crippen molar-refractivity contribution >= 4 is 11.9 Å². The van der Waals surface area contributed by atoms with Crippen LogP contribution in [0.5, 0.6) is 0 Å². The second kappa shape index (κ2) is 5.23. The third kappa shape index (κ3) is 2.58. The van der Waals surface area contributed by atoms with Crippen molar-refractivity contribution in [1.82, 2.24) is 0 Å². The van der Waals surface area contributed by atoms with Crippen molar-refractivity contribution in [3.63, 3.8) is 0 Å². The smallest absolute Gasteiger partial charge is 0.334 e. The Kier molecular flexibility index (Phi) is 3.63. The monoisotopic (exact) mass is 306 g/mol. The Hall–Kier alpha value is -1.62. The van der Waals surface area contributed by atoms with Gasteiger partial charge in [0.1, 0.15) is 18.3 Å². The van der Waals surface area contributed by atoms with Gasteiger partial charge in [0, 0.05) is 18.4 Å². The molecule has 120 valence electrons. The number of hydrogen-bond donors (Lipinski definition) is 0. The number of hydrogen-bond acceptors (Lipinski definition) is 5. The van der Waals surface area contributed by atoms with Crippen molar-refractivity contribution in [2.24, 2.45) is 5.92 Å². The zero-order valence-corrected chi connectivity index (χ0v) is 13.3. The lowest BCUT2D eigenvalue weighted by atomic mass is 9.83. The molecule has 2 saturated heterocycles. The van der Waals surface area contributed by atoms with Gasteiger partial charge in [0.05, 0.1) is 5.60 Å². The molecule has 5 atom stereocenters. The first-order valence-corrected chi connectivity index (χ1v) is 7.73. The molecule has 5 nitrogen and oxygen atoms in total. The van der Waals surface area contributed by atoms with Gasteiger partial charge in [-0.25, -0.2) is 4.79 Å². The van der Waals surface area contributed by atoms with Crippen LogP contribution in [0.2, 0.25) is 0 Å². The van der Waals surface area contributed by atoms with Crippen LogP contribution in [-0.2, 0) is 23.8 Å². The van der Waals surface area contributed by atoms with Crippen LogP contribution in [-0.4, -0.2) is 35.9 Å². The van der Waals surface area contributed by atoms with Gasteiger partial charge < -0.3 is 14.2 Å². The van der Waals surface area contributed by atoms with Crippen LogP contribution in [0.1, 0.15) is 40.0 Å². The Morgan fingerprint density at radius 2 is 2.23 bits per heavy atom. The number of carbonyl (C=O) groups excluding carboxylic acids is 2. The van der Waals surface area contributed by atoms with E-state index in [0.717, 1.165) is 18.4 Å². The molecule has 0 spiro atoms. The van der Waals surface area contributed by atoms with Gasteiger partial charge in [-0.2, -0.15) is 0 Å². The average Bonchev–Trinajstić information content (AvgIpc) is 3.02. The molecular weight excluding hydrogens is 284 g/mol. The maximum absolute atomic E-state index is 11.9. The summed E-state index contributed by atoms with van der Waals surface area (Å²) in [6.45, 7) is 9.28. The molecule has 0 radical (unpaired) electrons. The summed E-state index contributed by atoms with van der Waals surface area (Å²) in [6.07, 6.45) is 3.54. The summed E-state index contributed by atoms with van der Waals surface area (Å²) in [5.74, 6) is -0.866. The first-order chi connectivity index (χ1) is 10.3. The van der Waals surface area contributed by atoms with Gasteiger partial charge >= 0.3 is 11.9 Å². The first-order valence-electron chi connectivity index (χ1n) is 7.73. The van der Waals surface area contributed by atoms with E-state index >= 15 is 0 Å². The van der Waals surface area contributed by atoms with Crippen LogP contribution in [0.15, 0.2) is 23.8 Å². The number of esters is 2. The fourth-order valence-electron chi connectivity index (χ4n) is 3.53. The minimum Gasteiger partial charge on any atom is -0.458 e. The average molecular weight is 306 g/mol. The molecule has 3 rings (SSSR count). The molecule has 1 aliphatic carbocycles. The minimum absolute atomic E-state index is 0.0921. The van der Waals surface area contributed by atoms with Gasteiger partial charge in [-0.1, -0.05) is 12.7 Å². The van der Waals surface area contributed by atoms with E-state index in [2.05, 4.69) is 19.6 Å². The summed E-state index contributed by atoms with van der Waals surface area (Å²) in [5, 5.41) is 0. The van der Waals surface area contributed by atoms with Gasteiger partial charge in [0.15, 0.2) is 0 Å². The molecule has 0 bridgehead atoms. The number of allylic oxidation sites excluding steroid dienone is 1. The maximum atomic E-state index is 11.9. The van der Waals surface area contributed by atoms with Crippen LogP contribution < -0.4 is 0 Å². The predicted octanol–water partition coefficient (Wildman–Crippen LogP) is 2.30. The Morgan fingerprint density at radius 3 is 2.91 bits per heavy atom. The Morgan fingerprint density at radius 1 is 1.50 bits per heavy atom. The van der Waals surface area contributed by atoms with E-state index < -0.39 is 0 Å². The van der Waals surface area contributed by atoms with E-state index in [-0.39, 0.29) is 41.8 Å². The highest BCUT2D eigenvalue weighted by molar-refractivity contribution is 5.91. The second-order valence-electron chi connectivity index (χ2n) is 6.67. The number of rotatable bonds is 1. The fraction of sp³-hybridized carbons (Fsp3) is 0.647. The Balaban J connectivity index is 1.91. The van der Waals surface area contributed by atoms with E-state index in [1.807, 2.05) is 6.92 Å². The highest BCUT2D eigenvalue weighted by Gasteiger charge is 2.61. The molecule has 0 amide bonds. The molecule has 0 aromatic carbocycles. The number of carbonyl (C=O) groups is 2. The van der Waals surface area contributed by atoms with Crippen molar-refractivity contribution in [1.29, 1.82) is 0 Å². The van der Waals surface area contributed by atoms with Crippen LogP contribution in [0, 0.1) is 5.92 Å². The summed E-state index contributed by atoms with van der Waals surface area (Å²) >= 11 is 0. The van der Waals surface area contributed by atoms with Crippen molar-refractivity contribution in [2.75, 3.05) is 0 Å². The highest BCUT2D eigenvalue weighted by atomic mass is 16.6. The molecular formula is C17H22O5. The lowest BCUT2D eigenvalue weighted by molar-refractivity contribution is -0.146. The summed E-state index contributed by atoms with van der Waals surface area (Å²) in [7, 11) is 0. The zero-order valence-electron chi connectivity index (χ0n) is 13.3. The zero-order chi connectivity index (χ0) is 16.1. The standard InChI is InChI=1S/C17H22O5/c1-9-6-5-7-17(4)15(22-17)14-12(10(2)16(19)21-14)8-13(9)20-11(3)18/h6,12-15H,2,5,7-8H2,1,3-4H3/b9-6+.